The lowest BCUT2D eigenvalue weighted by Gasteiger charge is -2.13. The SMILES string of the molecule is CCOc1cccc(C(N)=O)c1-c1ccccc1. The second-order valence-corrected chi connectivity index (χ2v) is 3.84. The molecule has 0 atom stereocenters. The van der Waals surface area contributed by atoms with Crippen molar-refractivity contribution in [3.8, 4) is 16.9 Å². The van der Waals surface area contributed by atoms with Gasteiger partial charge < -0.3 is 10.5 Å². The van der Waals surface area contributed by atoms with E-state index < -0.39 is 5.91 Å². The van der Waals surface area contributed by atoms with Gasteiger partial charge in [0.1, 0.15) is 5.75 Å². The van der Waals surface area contributed by atoms with Crippen LogP contribution >= 0.6 is 0 Å². The molecular formula is C15H15NO2. The van der Waals surface area contributed by atoms with Crippen LogP contribution < -0.4 is 10.5 Å². The second kappa shape index (κ2) is 5.36. The smallest absolute Gasteiger partial charge is 0.249 e. The molecule has 0 radical (unpaired) electrons. The van der Waals surface area contributed by atoms with Crippen LogP contribution in [0.15, 0.2) is 48.5 Å². The normalized spacial score (nSPS) is 10.1. The molecule has 2 N–H and O–H groups in total. The van der Waals surface area contributed by atoms with E-state index in [1.54, 1.807) is 12.1 Å². The predicted octanol–water partition coefficient (Wildman–Crippen LogP) is 2.85. The fraction of sp³-hybridized carbons (Fsp3) is 0.133. The van der Waals surface area contributed by atoms with Gasteiger partial charge in [-0.15, -0.1) is 0 Å². The summed E-state index contributed by atoms with van der Waals surface area (Å²) in [5.74, 6) is 0.232. The summed E-state index contributed by atoms with van der Waals surface area (Å²) >= 11 is 0. The molecule has 3 nitrogen and oxygen atoms in total. The summed E-state index contributed by atoms with van der Waals surface area (Å²) in [5.41, 5.74) is 7.58. The molecule has 0 aliphatic heterocycles. The number of rotatable bonds is 4. The number of carbonyl (C=O) groups is 1. The highest BCUT2D eigenvalue weighted by Gasteiger charge is 2.14. The number of hydrogen-bond acceptors (Lipinski definition) is 2. The van der Waals surface area contributed by atoms with Gasteiger partial charge in [0.25, 0.3) is 0 Å². The third-order valence-electron chi connectivity index (χ3n) is 2.65. The first-order valence-electron chi connectivity index (χ1n) is 5.85. The molecule has 0 saturated carbocycles. The molecule has 2 aromatic rings. The second-order valence-electron chi connectivity index (χ2n) is 3.84. The van der Waals surface area contributed by atoms with Gasteiger partial charge in [0, 0.05) is 5.56 Å². The lowest BCUT2D eigenvalue weighted by Crippen LogP contribution is -2.13. The van der Waals surface area contributed by atoms with Crippen molar-refractivity contribution in [2.24, 2.45) is 5.73 Å². The number of benzene rings is 2. The molecule has 0 fully saturated rings. The Hall–Kier alpha value is -2.29. The summed E-state index contributed by atoms with van der Waals surface area (Å²) in [6.45, 7) is 2.45. The van der Waals surface area contributed by atoms with Crippen LogP contribution in [0.3, 0.4) is 0 Å². The maximum Gasteiger partial charge on any atom is 0.249 e. The van der Waals surface area contributed by atoms with Crippen LogP contribution in [0.25, 0.3) is 11.1 Å². The molecule has 0 saturated heterocycles. The first-order valence-corrected chi connectivity index (χ1v) is 5.85. The van der Waals surface area contributed by atoms with Crippen molar-refractivity contribution in [2.45, 2.75) is 6.92 Å². The summed E-state index contributed by atoms with van der Waals surface area (Å²) in [4.78, 5) is 11.5. The van der Waals surface area contributed by atoms with Crippen molar-refractivity contribution >= 4 is 5.91 Å². The van der Waals surface area contributed by atoms with Crippen molar-refractivity contribution in [3.05, 3.63) is 54.1 Å². The Labute approximate surface area is 106 Å². The van der Waals surface area contributed by atoms with Crippen molar-refractivity contribution in [3.63, 3.8) is 0 Å². The highest BCUT2D eigenvalue weighted by molar-refractivity contribution is 6.01. The fourth-order valence-corrected chi connectivity index (χ4v) is 1.91. The summed E-state index contributed by atoms with van der Waals surface area (Å²) in [7, 11) is 0. The first kappa shape index (κ1) is 12.2. The third kappa shape index (κ3) is 2.35. The Morgan fingerprint density at radius 1 is 1.11 bits per heavy atom. The third-order valence-corrected chi connectivity index (χ3v) is 2.65. The maximum absolute atomic E-state index is 11.5. The van der Waals surface area contributed by atoms with Crippen LogP contribution in [0.5, 0.6) is 5.75 Å². The molecule has 0 spiro atoms. The average Bonchev–Trinajstić information content (AvgIpc) is 2.40. The quantitative estimate of drug-likeness (QED) is 0.894. The van der Waals surface area contributed by atoms with Gasteiger partial charge in [0.15, 0.2) is 0 Å². The Morgan fingerprint density at radius 3 is 2.44 bits per heavy atom. The number of ether oxygens (including phenoxy) is 1. The van der Waals surface area contributed by atoms with E-state index in [0.29, 0.717) is 17.9 Å². The summed E-state index contributed by atoms with van der Waals surface area (Å²) in [6.07, 6.45) is 0. The number of nitrogens with two attached hydrogens (primary N) is 1. The standard InChI is InChI=1S/C15H15NO2/c1-2-18-13-10-6-9-12(15(16)17)14(13)11-7-4-3-5-8-11/h3-10H,2H2,1H3,(H2,16,17). The van der Waals surface area contributed by atoms with Gasteiger partial charge in [-0.25, -0.2) is 0 Å². The van der Waals surface area contributed by atoms with Crippen LogP contribution in [0.1, 0.15) is 17.3 Å². The molecule has 92 valence electrons. The highest BCUT2D eigenvalue weighted by Crippen LogP contribution is 2.33. The molecule has 2 rings (SSSR count). The average molecular weight is 241 g/mol. The highest BCUT2D eigenvalue weighted by atomic mass is 16.5. The molecule has 0 heterocycles. The molecule has 2 aromatic carbocycles. The molecule has 0 unspecified atom stereocenters. The van der Waals surface area contributed by atoms with E-state index in [1.165, 1.54) is 0 Å². The van der Waals surface area contributed by atoms with Gasteiger partial charge in [-0.05, 0) is 24.6 Å². The van der Waals surface area contributed by atoms with Gasteiger partial charge in [0.2, 0.25) is 5.91 Å². The van der Waals surface area contributed by atoms with E-state index >= 15 is 0 Å². The minimum atomic E-state index is -0.449. The Bertz CT molecular complexity index is 550. The van der Waals surface area contributed by atoms with E-state index in [0.717, 1.165) is 11.1 Å². The summed E-state index contributed by atoms with van der Waals surface area (Å²) < 4.78 is 5.57. The largest absolute Gasteiger partial charge is 0.493 e. The van der Waals surface area contributed by atoms with Crippen LogP contribution in [0.2, 0.25) is 0 Å². The van der Waals surface area contributed by atoms with Gasteiger partial charge >= 0.3 is 0 Å². The van der Waals surface area contributed by atoms with Gasteiger partial charge in [0.05, 0.1) is 12.2 Å². The van der Waals surface area contributed by atoms with E-state index in [4.69, 9.17) is 10.5 Å². The minimum absolute atomic E-state index is 0.449. The molecule has 0 bridgehead atoms. The molecule has 0 aliphatic rings. The van der Waals surface area contributed by atoms with E-state index in [9.17, 15) is 4.79 Å². The monoisotopic (exact) mass is 241 g/mol. The molecule has 3 heteroatoms. The number of carbonyl (C=O) groups excluding carboxylic acids is 1. The molecule has 0 aliphatic carbocycles. The van der Waals surface area contributed by atoms with Crippen LogP contribution in [-0.4, -0.2) is 12.5 Å². The van der Waals surface area contributed by atoms with E-state index in [2.05, 4.69) is 0 Å². The first-order chi connectivity index (χ1) is 8.74. The van der Waals surface area contributed by atoms with Gasteiger partial charge in [-0.2, -0.15) is 0 Å². The minimum Gasteiger partial charge on any atom is -0.493 e. The molecule has 0 aromatic heterocycles. The van der Waals surface area contributed by atoms with Crippen molar-refractivity contribution in [1.29, 1.82) is 0 Å². The number of amides is 1. The number of primary amides is 1. The van der Waals surface area contributed by atoms with Gasteiger partial charge in [-0.3, -0.25) is 4.79 Å². The zero-order valence-electron chi connectivity index (χ0n) is 10.2. The topological polar surface area (TPSA) is 52.3 Å². The zero-order chi connectivity index (χ0) is 13.0. The molecule has 1 amide bonds. The van der Waals surface area contributed by atoms with E-state index in [1.807, 2.05) is 43.3 Å². The predicted molar refractivity (Wildman–Crippen MR) is 71.6 cm³/mol. The van der Waals surface area contributed by atoms with Crippen molar-refractivity contribution < 1.29 is 9.53 Å². The lowest BCUT2D eigenvalue weighted by atomic mass is 9.98. The van der Waals surface area contributed by atoms with Crippen LogP contribution in [-0.2, 0) is 0 Å². The summed E-state index contributed by atoms with van der Waals surface area (Å²) in [5, 5.41) is 0. The van der Waals surface area contributed by atoms with Crippen LogP contribution in [0, 0.1) is 0 Å². The lowest BCUT2D eigenvalue weighted by molar-refractivity contribution is 0.100. The Morgan fingerprint density at radius 2 is 1.83 bits per heavy atom. The fourth-order valence-electron chi connectivity index (χ4n) is 1.91. The number of hydrogen-bond donors (Lipinski definition) is 1. The van der Waals surface area contributed by atoms with Crippen LogP contribution in [0.4, 0.5) is 0 Å². The van der Waals surface area contributed by atoms with Crippen molar-refractivity contribution in [2.75, 3.05) is 6.61 Å². The van der Waals surface area contributed by atoms with Crippen molar-refractivity contribution in [1.82, 2.24) is 0 Å². The summed E-state index contributed by atoms with van der Waals surface area (Å²) in [6, 6.07) is 15.0. The Kier molecular flexibility index (Phi) is 3.63. The van der Waals surface area contributed by atoms with Gasteiger partial charge in [-0.1, -0.05) is 36.4 Å². The molecule has 18 heavy (non-hydrogen) atoms. The maximum atomic E-state index is 11.5. The Balaban J connectivity index is 2.64. The molecular weight excluding hydrogens is 226 g/mol. The zero-order valence-corrected chi connectivity index (χ0v) is 10.2. The van der Waals surface area contributed by atoms with E-state index in [-0.39, 0.29) is 0 Å².